The van der Waals surface area contributed by atoms with Crippen LogP contribution in [0.2, 0.25) is 0 Å². The molecule has 1 aromatic carbocycles. The maximum absolute atomic E-state index is 12.7. The van der Waals surface area contributed by atoms with Crippen molar-refractivity contribution >= 4 is 22.8 Å². The lowest BCUT2D eigenvalue weighted by Crippen LogP contribution is -2.51. The van der Waals surface area contributed by atoms with Crippen LogP contribution in [0.4, 0.5) is 0 Å². The summed E-state index contributed by atoms with van der Waals surface area (Å²) in [6.07, 6.45) is 0.868. The zero-order chi connectivity index (χ0) is 17.5. The second kappa shape index (κ2) is 5.79. The molecule has 1 aliphatic rings. The summed E-state index contributed by atoms with van der Waals surface area (Å²) in [5.41, 5.74) is 5.38. The molecule has 1 atom stereocenters. The molecule has 2 amide bonds. The van der Waals surface area contributed by atoms with Crippen LogP contribution in [-0.2, 0) is 11.8 Å². The number of likely N-dealkylation sites (tertiary alicyclic amines) is 1. The number of aromatic amines is 1. The third kappa shape index (κ3) is 2.92. The van der Waals surface area contributed by atoms with E-state index in [2.05, 4.69) is 4.98 Å². The van der Waals surface area contributed by atoms with E-state index in [1.54, 1.807) is 25.2 Å². The van der Waals surface area contributed by atoms with Crippen molar-refractivity contribution in [3.05, 3.63) is 34.2 Å². The number of hydrogen-bond acceptors (Lipinski definition) is 4. The smallest absolute Gasteiger partial charge is 0.326 e. The predicted molar refractivity (Wildman–Crippen MR) is 87.4 cm³/mol. The third-order valence-electron chi connectivity index (χ3n) is 4.50. The van der Waals surface area contributed by atoms with E-state index < -0.39 is 11.5 Å². The molecule has 8 nitrogen and oxygen atoms in total. The highest BCUT2D eigenvalue weighted by molar-refractivity contribution is 5.97. The summed E-state index contributed by atoms with van der Waals surface area (Å²) in [4.78, 5) is 39.7. The Kier molecular flexibility index (Phi) is 3.92. The van der Waals surface area contributed by atoms with E-state index in [9.17, 15) is 19.5 Å². The number of piperidine rings is 1. The fourth-order valence-corrected chi connectivity index (χ4v) is 3.31. The van der Waals surface area contributed by atoms with Crippen molar-refractivity contribution in [2.45, 2.75) is 24.9 Å². The molecule has 0 aliphatic carbocycles. The Hall–Kier alpha value is -2.61. The summed E-state index contributed by atoms with van der Waals surface area (Å²) in [5, 5.41) is 10.5. The minimum atomic E-state index is -1.27. The number of nitrogens with two attached hydrogens (primary N) is 1. The number of nitrogens with one attached hydrogen (secondary N) is 1. The molecule has 2 heterocycles. The van der Waals surface area contributed by atoms with E-state index in [1.807, 2.05) is 0 Å². The van der Waals surface area contributed by atoms with Gasteiger partial charge >= 0.3 is 5.69 Å². The van der Waals surface area contributed by atoms with Crippen molar-refractivity contribution in [1.29, 1.82) is 0 Å². The SMILES string of the molecule is Cn1c(=O)[nH]c2cc(C(=O)N3CCCC(O)(CC(N)=O)C3)ccc21. The number of amides is 2. The Labute approximate surface area is 137 Å². The van der Waals surface area contributed by atoms with Crippen molar-refractivity contribution in [2.24, 2.45) is 12.8 Å². The first-order valence-electron chi connectivity index (χ1n) is 7.78. The molecule has 2 aromatic rings. The van der Waals surface area contributed by atoms with Gasteiger partial charge in [0.2, 0.25) is 5.91 Å². The molecule has 1 saturated heterocycles. The zero-order valence-corrected chi connectivity index (χ0v) is 13.4. The lowest BCUT2D eigenvalue weighted by molar-refractivity contribution is -0.125. The Balaban J connectivity index is 1.85. The Morgan fingerprint density at radius 1 is 1.42 bits per heavy atom. The van der Waals surface area contributed by atoms with E-state index in [-0.39, 0.29) is 24.6 Å². The average Bonchev–Trinajstić information content (AvgIpc) is 2.79. The number of H-pyrrole nitrogens is 1. The van der Waals surface area contributed by atoms with E-state index in [0.29, 0.717) is 36.0 Å². The number of β-amino-alcohol motifs (C(OH)–C–C–N with tert-alkyl or cyclic N) is 1. The summed E-state index contributed by atoms with van der Waals surface area (Å²) in [7, 11) is 1.65. The van der Waals surface area contributed by atoms with Gasteiger partial charge in [0.1, 0.15) is 0 Å². The van der Waals surface area contributed by atoms with Crippen molar-refractivity contribution in [2.75, 3.05) is 13.1 Å². The first-order valence-corrected chi connectivity index (χ1v) is 7.78. The second-order valence-electron chi connectivity index (χ2n) is 6.42. The van der Waals surface area contributed by atoms with Gasteiger partial charge in [-0.25, -0.2) is 4.79 Å². The monoisotopic (exact) mass is 332 g/mol. The molecule has 24 heavy (non-hydrogen) atoms. The molecule has 8 heteroatoms. The van der Waals surface area contributed by atoms with Crippen LogP contribution in [-0.4, -0.2) is 50.1 Å². The highest BCUT2D eigenvalue weighted by Gasteiger charge is 2.36. The Morgan fingerprint density at radius 2 is 2.17 bits per heavy atom. The fourth-order valence-electron chi connectivity index (χ4n) is 3.31. The third-order valence-corrected chi connectivity index (χ3v) is 4.50. The lowest BCUT2D eigenvalue weighted by atomic mass is 9.89. The normalized spacial score (nSPS) is 21.2. The van der Waals surface area contributed by atoms with Gasteiger partial charge < -0.3 is 20.7 Å². The molecule has 0 bridgehead atoms. The number of aryl methyl sites for hydroxylation is 1. The van der Waals surface area contributed by atoms with Crippen molar-refractivity contribution < 1.29 is 14.7 Å². The minimum absolute atomic E-state index is 0.0676. The first-order chi connectivity index (χ1) is 11.3. The van der Waals surface area contributed by atoms with Gasteiger partial charge in [-0.2, -0.15) is 0 Å². The molecule has 3 rings (SSSR count). The largest absolute Gasteiger partial charge is 0.388 e. The van der Waals surface area contributed by atoms with Crippen molar-refractivity contribution in [3.8, 4) is 0 Å². The molecule has 1 fully saturated rings. The number of aliphatic hydroxyl groups is 1. The van der Waals surface area contributed by atoms with Gasteiger partial charge in [0.15, 0.2) is 0 Å². The van der Waals surface area contributed by atoms with Gasteiger partial charge in [0.05, 0.1) is 29.6 Å². The van der Waals surface area contributed by atoms with Gasteiger partial charge in [0, 0.05) is 19.2 Å². The van der Waals surface area contributed by atoms with Gasteiger partial charge in [-0.3, -0.25) is 14.2 Å². The Morgan fingerprint density at radius 3 is 2.88 bits per heavy atom. The fraction of sp³-hybridized carbons (Fsp3) is 0.438. The van der Waals surface area contributed by atoms with Crippen LogP contribution in [0.5, 0.6) is 0 Å². The molecule has 4 N–H and O–H groups in total. The van der Waals surface area contributed by atoms with Crippen molar-refractivity contribution in [3.63, 3.8) is 0 Å². The predicted octanol–water partition coefficient (Wildman–Crippen LogP) is -0.291. The molecule has 1 aromatic heterocycles. The second-order valence-corrected chi connectivity index (χ2v) is 6.42. The summed E-state index contributed by atoms with van der Waals surface area (Å²) in [5.74, 6) is -0.834. The van der Waals surface area contributed by atoms with Crippen LogP contribution in [0.3, 0.4) is 0 Å². The van der Waals surface area contributed by atoms with E-state index >= 15 is 0 Å². The van der Waals surface area contributed by atoms with Gasteiger partial charge in [-0.05, 0) is 31.0 Å². The maximum atomic E-state index is 12.7. The number of imidazole rings is 1. The van der Waals surface area contributed by atoms with Gasteiger partial charge in [0.25, 0.3) is 5.91 Å². The number of carbonyl (C=O) groups excluding carboxylic acids is 2. The minimum Gasteiger partial charge on any atom is -0.388 e. The number of rotatable bonds is 3. The number of benzene rings is 1. The van der Waals surface area contributed by atoms with Crippen LogP contribution in [0.25, 0.3) is 11.0 Å². The molecular formula is C16H20N4O4. The van der Waals surface area contributed by atoms with Crippen LogP contribution < -0.4 is 11.4 Å². The highest BCUT2D eigenvalue weighted by Crippen LogP contribution is 2.26. The molecular weight excluding hydrogens is 312 g/mol. The summed E-state index contributed by atoms with van der Waals surface area (Å²) in [6, 6.07) is 4.99. The summed E-state index contributed by atoms with van der Waals surface area (Å²) < 4.78 is 1.47. The van der Waals surface area contributed by atoms with Gasteiger partial charge in [-0.15, -0.1) is 0 Å². The molecule has 128 valence electrons. The number of aromatic nitrogens is 2. The summed E-state index contributed by atoms with van der Waals surface area (Å²) in [6.45, 7) is 0.571. The lowest BCUT2D eigenvalue weighted by Gasteiger charge is -2.38. The first kappa shape index (κ1) is 16.3. The topological polar surface area (TPSA) is 121 Å². The van der Waals surface area contributed by atoms with Crippen LogP contribution >= 0.6 is 0 Å². The van der Waals surface area contributed by atoms with Crippen molar-refractivity contribution in [1.82, 2.24) is 14.5 Å². The number of hydrogen-bond donors (Lipinski definition) is 3. The number of carbonyl (C=O) groups is 2. The highest BCUT2D eigenvalue weighted by atomic mass is 16.3. The van der Waals surface area contributed by atoms with E-state index in [1.165, 1.54) is 9.47 Å². The molecule has 0 radical (unpaired) electrons. The molecule has 0 spiro atoms. The average molecular weight is 332 g/mol. The maximum Gasteiger partial charge on any atom is 0.326 e. The van der Waals surface area contributed by atoms with Crippen LogP contribution in [0, 0.1) is 0 Å². The number of primary amides is 1. The molecule has 1 aliphatic heterocycles. The summed E-state index contributed by atoms with van der Waals surface area (Å²) >= 11 is 0. The number of nitrogens with zero attached hydrogens (tertiary/aromatic N) is 2. The quantitative estimate of drug-likeness (QED) is 0.715. The van der Waals surface area contributed by atoms with Crippen LogP contribution in [0.15, 0.2) is 23.0 Å². The van der Waals surface area contributed by atoms with E-state index in [4.69, 9.17) is 5.73 Å². The van der Waals surface area contributed by atoms with Gasteiger partial charge in [-0.1, -0.05) is 0 Å². The molecule has 1 unspecified atom stereocenters. The standard InChI is InChI=1S/C16H20N4O4/c1-19-12-4-3-10(7-11(12)18-15(19)23)14(22)20-6-2-5-16(24,9-20)8-13(17)21/h3-4,7,24H,2,5-6,8-9H2,1H3,(H2,17,21)(H,18,23). The zero-order valence-electron chi connectivity index (χ0n) is 13.4. The van der Waals surface area contributed by atoms with E-state index in [0.717, 1.165) is 0 Å². The number of fused-ring (bicyclic) bond motifs is 1. The van der Waals surface area contributed by atoms with Crippen LogP contribution in [0.1, 0.15) is 29.6 Å². The Bertz CT molecular complexity index is 869. The molecule has 0 saturated carbocycles.